The molecule has 0 unspecified atom stereocenters. The van der Waals surface area contributed by atoms with E-state index in [9.17, 15) is 17.6 Å². The number of sulfonamides is 1. The average molecular weight is 493 g/mol. The molecule has 0 atom stereocenters. The molecular weight excluding hydrogens is 471 g/mol. The Kier molecular flexibility index (Phi) is 7.30. The zero-order chi connectivity index (χ0) is 24.0. The maximum absolute atomic E-state index is 13.0. The number of halogens is 1. The number of carbonyl (C=O) groups is 1. The second-order valence-corrected chi connectivity index (χ2v) is 10.1. The Bertz CT molecular complexity index is 1380. The lowest BCUT2D eigenvalue weighted by Crippen LogP contribution is -2.14. The molecule has 0 aliphatic carbocycles. The van der Waals surface area contributed by atoms with Crippen LogP contribution in [0.15, 0.2) is 113 Å². The van der Waals surface area contributed by atoms with Crippen LogP contribution in [-0.4, -0.2) is 14.3 Å². The van der Waals surface area contributed by atoms with E-state index in [1.165, 1.54) is 48.5 Å². The second-order valence-electron chi connectivity index (χ2n) is 7.36. The molecule has 4 aromatic rings. The van der Waals surface area contributed by atoms with Crippen molar-refractivity contribution in [3.8, 4) is 0 Å². The van der Waals surface area contributed by atoms with Crippen molar-refractivity contribution in [2.75, 3.05) is 10.0 Å². The van der Waals surface area contributed by atoms with Gasteiger partial charge in [-0.25, -0.2) is 12.8 Å². The van der Waals surface area contributed by atoms with Gasteiger partial charge in [-0.05, 0) is 66.2 Å². The van der Waals surface area contributed by atoms with E-state index >= 15 is 0 Å². The minimum absolute atomic E-state index is 0.0219. The van der Waals surface area contributed by atoms with Crippen LogP contribution in [0.4, 0.5) is 15.8 Å². The molecule has 0 radical (unpaired) electrons. The highest BCUT2D eigenvalue weighted by Gasteiger charge is 2.16. The molecule has 0 aromatic heterocycles. The molecule has 0 fully saturated rings. The Hall–Kier alpha value is -3.62. The molecule has 0 saturated heterocycles. The van der Waals surface area contributed by atoms with Gasteiger partial charge in [0, 0.05) is 22.0 Å². The van der Waals surface area contributed by atoms with Crippen LogP contribution >= 0.6 is 11.8 Å². The average Bonchev–Trinajstić information content (AvgIpc) is 2.85. The normalized spacial score (nSPS) is 11.1. The standard InChI is InChI=1S/C26H21FN2O3S2/c27-20-10-12-22(13-11-20)29-34(31,32)23-16-14-21(15-17-23)28-26(30)24-8-4-5-9-25(24)33-18-19-6-2-1-3-7-19/h1-17,29H,18H2,(H,28,30). The van der Waals surface area contributed by atoms with E-state index in [4.69, 9.17) is 0 Å². The number of rotatable bonds is 8. The van der Waals surface area contributed by atoms with Crippen molar-refractivity contribution in [2.45, 2.75) is 15.5 Å². The van der Waals surface area contributed by atoms with Gasteiger partial charge in [0.15, 0.2) is 0 Å². The number of carbonyl (C=O) groups excluding carboxylic acids is 1. The van der Waals surface area contributed by atoms with Crippen molar-refractivity contribution in [2.24, 2.45) is 0 Å². The van der Waals surface area contributed by atoms with E-state index < -0.39 is 15.8 Å². The van der Waals surface area contributed by atoms with Crippen molar-refractivity contribution in [3.63, 3.8) is 0 Å². The fraction of sp³-hybridized carbons (Fsp3) is 0.0385. The summed E-state index contributed by atoms with van der Waals surface area (Å²) in [5.74, 6) is -0.00190. The van der Waals surface area contributed by atoms with Gasteiger partial charge in [0.1, 0.15) is 5.82 Å². The molecule has 5 nitrogen and oxygen atoms in total. The molecule has 1 amide bonds. The van der Waals surface area contributed by atoms with Crippen LogP contribution in [0.1, 0.15) is 15.9 Å². The molecule has 2 N–H and O–H groups in total. The van der Waals surface area contributed by atoms with E-state index in [0.717, 1.165) is 16.2 Å². The molecule has 8 heteroatoms. The molecule has 0 saturated carbocycles. The minimum atomic E-state index is -3.85. The van der Waals surface area contributed by atoms with Crippen molar-refractivity contribution in [3.05, 3.63) is 120 Å². The fourth-order valence-electron chi connectivity index (χ4n) is 3.16. The minimum Gasteiger partial charge on any atom is -0.322 e. The lowest BCUT2D eigenvalue weighted by molar-refractivity contribution is 0.102. The number of amides is 1. The second kappa shape index (κ2) is 10.5. The highest BCUT2D eigenvalue weighted by atomic mass is 32.2. The fourth-order valence-corrected chi connectivity index (χ4v) is 5.23. The van der Waals surface area contributed by atoms with Crippen LogP contribution < -0.4 is 10.0 Å². The third-order valence-corrected chi connectivity index (χ3v) is 7.43. The number of thioether (sulfide) groups is 1. The molecule has 34 heavy (non-hydrogen) atoms. The lowest BCUT2D eigenvalue weighted by atomic mass is 10.2. The van der Waals surface area contributed by atoms with Gasteiger partial charge in [-0.2, -0.15) is 0 Å². The molecule has 0 aliphatic rings. The van der Waals surface area contributed by atoms with E-state index in [0.29, 0.717) is 11.3 Å². The highest BCUT2D eigenvalue weighted by molar-refractivity contribution is 7.98. The summed E-state index contributed by atoms with van der Waals surface area (Å²) in [6, 6.07) is 28.2. The van der Waals surface area contributed by atoms with Crippen LogP contribution in [0, 0.1) is 5.82 Å². The van der Waals surface area contributed by atoms with E-state index in [2.05, 4.69) is 10.0 Å². The Morgan fingerprint density at radius 2 is 1.38 bits per heavy atom. The number of nitrogens with one attached hydrogen (secondary N) is 2. The summed E-state index contributed by atoms with van der Waals surface area (Å²) in [6.07, 6.45) is 0. The third-order valence-electron chi connectivity index (χ3n) is 4.89. The summed E-state index contributed by atoms with van der Waals surface area (Å²) in [4.78, 5) is 13.8. The molecular formula is C26H21FN2O3S2. The largest absolute Gasteiger partial charge is 0.322 e. The van der Waals surface area contributed by atoms with Gasteiger partial charge in [-0.1, -0.05) is 42.5 Å². The van der Waals surface area contributed by atoms with Crippen LogP contribution in [0.2, 0.25) is 0 Å². The van der Waals surface area contributed by atoms with Crippen molar-refractivity contribution < 1.29 is 17.6 Å². The summed E-state index contributed by atoms with van der Waals surface area (Å²) in [5, 5.41) is 2.82. The monoisotopic (exact) mass is 492 g/mol. The molecule has 172 valence electrons. The van der Waals surface area contributed by atoms with Gasteiger partial charge in [-0.3, -0.25) is 9.52 Å². The first-order valence-electron chi connectivity index (χ1n) is 10.4. The smallest absolute Gasteiger partial charge is 0.261 e. The third kappa shape index (κ3) is 6.03. The molecule has 0 aliphatic heterocycles. The van der Waals surface area contributed by atoms with Gasteiger partial charge in [0.05, 0.1) is 10.5 Å². The van der Waals surface area contributed by atoms with Gasteiger partial charge >= 0.3 is 0 Å². The van der Waals surface area contributed by atoms with Crippen molar-refractivity contribution in [1.82, 2.24) is 0 Å². The van der Waals surface area contributed by atoms with Crippen LogP contribution in [0.3, 0.4) is 0 Å². The van der Waals surface area contributed by atoms with Gasteiger partial charge < -0.3 is 5.32 Å². The topological polar surface area (TPSA) is 75.3 Å². The van der Waals surface area contributed by atoms with Crippen molar-refractivity contribution in [1.29, 1.82) is 0 Å². The van der Waals surface area contributed by atoms with Crippen molar-refractivity contribution >= 4 is 39.1 Å². The zero-order valence-electron chi connectivity index (χ0n) is 17.9. The predicted octanol–water partition coefficient (Wildman–Crippen LogP) is 6.17. The van der Waals surface area contributed by atoms with Crippen LogP contribution in [-0.2, 0) is 15.8 Å². The molecule has 0 heterocycles. The zero-order valence-corrected chi connectivity index (χ0v) is 19.6. The quantitative estimate of drug-likeness (QED) is 0.288. The number of benzene rings is 4. The van der Waals surface area contributed by atoms with E-state index in [-0.39, 0.29) is 16.5 Å². The first kappa shape index (κ1) is 23.5. The molecule has 4 aromatic carbocycles. The SMILES string of the molecule is O=C(Nc1ccc(S(=O)(=O)Nc2ccc(F)cc2)cc1)c1ccccc1SCc1ccccc1. The summed E-state index contributed by atoms with van der Waals surface area (Å²) in [6.45, 7) is 0. The highest BCUT2D eigenvalue weighted by Crippen LogP contribution is 2.27. The summed E-state index contributed by atoms with van der Waals surface area (Å²) in [5.41, 5.74) is 2.42. The van der Waals surface area contributed by atoms with Crippen LogP contribution in [0.5, 0.6) is 0 Å². The van der Waals surface area contributed by atoms with Crippen LogP contribution in [0.25, 0.3) is 0 Å². The summed E-state index contributed by atoms with van der Waals surface area (Å²) in [7, 11) is -3.85. The van der Waals surface area contributed by atoms with Gasteiger partial charge in [0.2, 0.25) is 0 Å². The Morgan fingerprint density at radius 3 is 2.09 bits per heavy atom. The Balaban J connectivity index is 1.43. The van der Waals surface area contributed by atoms with E-state index in [1.54, 1.807) is 23.9 Å². The summed E-state index contributed by atoms with van der Waals surface area (Å²) < 4.78 is 40.6. The predicted molar refractivity (Wildman–Crippen MR) is 134 cm³/mol. The van der Waals surface area contributed by atoms with Gasteiger partial charge in [0.25, 0.3) is 15.9 Å². The van der Waals surface area contributed by atoms with E-state index in [1.807, 2.05) is 42.5 Å². The number of hydrogen-bond acceptors (Lipinski definition) is 4. The number of hydrogen-bond donors (Lipinski definition) is 2. The maximum atomic E-state index is 13.0. The Labute approximate surface area is 202 Å². The molecule has 0 spiro atoms. The Morgan fingerprint density at radius 1 is 0.765 bits per heavy atom. The molecule has 0 bridgehead atoms. The summed E-state index contributed by atoms with van der Waals surface area (Å²) >= 11 is 1.57. The maximum Gasteiger partial charge on any atom is 0.261 e. The number of anilines is 2. The lowest BCUT2D eigenvalue weighted by Gasteiger charge is -2.11. The van der Waals surface area contributed by atoms with Gasteiger partial charge in [-0.15, -0.1) is 11.8 Å². The first-order chi connectivity index (χ1) is 16.4. The first-order valence-corrected chi connectivity index (χ1v) is 12.8. The molecule has 4 rings (SSSR count).